The Kier molecular flexibility index (Phi) is 7.92. The summed E-state index contributed by atoms with van der Waals surface area (Å²) in [6, 6.07) is 10.5. The van der Waals surface area contributed by atoms with Gasteiger partial charge in [-0.3, -0.25) is 9.69 Å². The highest BCUT2D eigenvalue weighted by Gasteiger charge is 2.34. The summed E-state index contributed by atoms with van der Waals surface area (Å²) in [4.78, 5) is 15.1. The van der Waals surface area contributed by atoms with Gasteiger partial charge in [0.05, 0.1) is 17.2 Å². The summed E-state index contributed by atoms with van der Waals surface area (Å²) in [6.45, 7) is 12.3. The van der Waals surface area contributed by atoms with E-state index in [-0.39, 0.29) is 5.69 Å². The van der Waals surface area contributed by atoms with Gasteiger partial charge in [-0.2, -0.15) is 18.4 Å². The molecule has 2 aromatic rings. The van der Waals surface area contributed by atoms with Crippen LogP contribution in [0.5, 0.6) is 0 Å². The maximum absolute atomic E-state index is 13.2. The number of carbonyl (C=O) groups excluding carboxylic acids is 1. The number of hydrogen-bond acceptors (Lipinski definition) is 4. The second-order valence-electron chi connectivity index (χ2n) is 8.18. The van der Waals surface area contributed by atoms with Crippen molar-refractivity contribution in [1.82, 2.24) is 4.90 Å². The normalized spacial score (nSPS) is 11.9. The maximum Gasteiger partial charge on any atom is 0.417 e. The fraction of sp³-hybridized carbons (Fsp3) is 0.417. The minimum atomic E-state index is -4.69. The molecule has 0 bridgehead atoms. The van der Waals surface area contributed by atoms with Crippen LogP contribution in [0, 0.1) is 18.3 Å². The van der Waals surface area contributed by atoms with Crippen molar-refractivity contribution >= 4 is 17.3 Å². The first-order chi connectivity index (χ1) is 14.9. The van der Waals surface area contributed by atoms with E-state index in [0.29, 0.717) is 0 Å². The minimum absolute atomic E-state index is 0.0260. The van der Waals surface area contributed by atoms with E-state index < -0.39 is 28.7 Å². The van der Waals surface area contributed by atoms with Crippen molar-refractivity contribution in [2.45, 2.75) is 52.9 Å². The van der Waals surface area contributed by atoms with Crippen molar-refractivity contribution in [2.75, 3.05) is 23.7 Å². The predicted octanol–water partition coefficient (Wildman–Crippen LogP) is 5.56. The number of amides is 1. The smallest absolute Gasteiger partial charge is 0.372 e. The van der Waals surface area contributed by atoms with Gasteiger partial charge in [0, 0.05) is 17.9 Å². The Bertz CT molecular complexity index is 1010. The predicted molar refractivity (Wildman–Crippen MR) is 120 cm³/mol. The van der Waals surface area contributed by atoms with Gasteiger partial charge in [0.15, 0.2) is 0 Å². The van der Waals surface area contributed by atoms with Crippen LogP contribution in [0.15, 0.2) is 36.4 Å². The molecule has 32 heavy (non-hydrogen) atoms. The molecule has 0 heterocycles. The Balaban J connectivity index is 2.16. The van der Waals surface area contributed by atoms with Crippen LogP contribution in [-0.4, -0.2) is 29.4 Å². The number of aryl methyl sites for hydroxylation is 1. The van der Waals surface area contributed by atoms with Crippen LogP contribution in [-0.2, 0) is 17.5 Å². The van der Waals surface area contributed by atoms with Gasteiger partial charge in [0.1, 0.15) is 5.54 Å². The van der Waals surface area contributed by atoms with Crippen LogP contribution < -0.4 is 10.6 Å². The van der Waals surface area contributed by atoms with Crippen LogP contribution in [0.3, 0.4) is 0 Å². The fourth-order valence-corrected chi connectivity index (χ4v) is 3.30. The van der Waals surface area contributed by atoms with Crippen LogP contribution in [0.2, 0.25) is 0 Å². The van der Waals surface area contributed by atoms with Gasteiger partial charge in [-0.05, 0) is 75.3 Å². The van der Waals surface area contributed by atoms with Crippen LogP contribution in [0.1, 0.15) is 49.9 Å². The number of carbonyl (C=O) groups is 1. The summed E-state index contributed by atoms with van der Waals surface area (Å²) in [7, 11) is 0. The van der Waals surface area contributed by atoms with E-state index >= 15 is 0 Å². The van der Waals surface area contributed by atoms with Crippen molar-refractivity contribution in [3.63, 3.8) is 0 Å². The zero-order chi connectivity index (χ0) is 24.1. The Morgan fingerprint density at radius 1 is 1.06 bits per heavy atom. The number of nitrogens with zero attached hydrogens (tertiary/aromatic N) is 2. The zero-order valence-corrected chi connectivity index (χ0v) is 19.0. The third-order valence-corrected chi connectivity index (χ3v) is 5.36. The second kappa shape index (κ2) is 10.0. The Morgan fingerprint density at radius 3 is 2.22 bits per heavy atom. The third kappa shape index (κ3) is 6.24. The Hall–Kier alpha value is -3.05. The largest absolute Gasteiger partial charge is 0.417 e. The van der Waals surface area contributed by atoms with E-state index in [2.05, 4.69) is 29.4 Å². The molecule has 0 saturated carbocycles. The lowest BCUT2D eigenvalue weighted by Crippen LogP contribution is -2.44. The Labute approximate surface area is 187 Å². The van der Waals surface area contributed by atoms with E-state index in [1.54, 1.807) is 13.8 Å². The fourth-order valence-electron chi connectivity index (χ4n) is 3.30. The van der Waals surface area contributed by atoms with Crippen molar-refractivity contribution in [3.05, 3.63) is 58.7 Å². The van der Waals surface area contributed by atoms with E-state index in [4.69, 9.17) is 5.26 Å². The number of nitriles is 1. The highest BCUT2D eigenvalue weighted by atomic mass is 19.4. The van der Waals surface area contributed by atoms with Gasteiger partial charge < -0.3 is 10.6 Å². The molecule has 2 rings (SSSR count). The third-order valence-electron chi connectivity index (χ3n) is 5.36. The van der Waals surface area contributed by atoms with Crippen molar-refractivity contribution in [1.29, 1.82) is 5.26 Å². The molecule has 0 aliphatic rings. The summed E-state index contributed by atoms with van der Waals surface area (Å²) >= 11 is 0. The molecule has 0 radical (unpaired) electrons. The summed E-state index contributed by atoms with van der Waals surface area (Å²) in [6.07, 6.45) is -4.69. The summed E-state index contributed by atoms with van der Waals surface area (Å²) in [5.74, 6) is -0.500. The summed E-state index contributed by atoms with van der Waals surface area (Å²) < 4.78 is 39.6. The quantitative estimate of drug-likeness (QED) is 0.557. The SMILES string of the molecule is CCN(CC)Cc1ccc(NC(C)(C)C(=O)Nc2ccc(C#N)c(C(F)(F)F)c2)cc1C. The average Bonchev–Trinajstić information content (AvgIpc) is 2.72. The zero-order valence-electron chi connectivity index (χ0n) is 19.0. The molecule has 0 aliphatic carbocycles. The molecule has 0 aliphatic heterocycles. The van der Waals surface area contributed by atoms with E-state index in [0.717, 1.165) is 43.0 Å². The summed E-state index contributed by atoms with van der Waals surface area (Å²) in [5.41, 5.74) is 0.317. The molecule has 0 unspecified atom stereocenters. The number of benzene rings is 2. The number of hydrogen-bond donors (Lipinski definition) is 2. The first-order valence-corrected chi connectivity index (χ1v) is 10.4. The molecule has 8 heteroatoms. The lowest BCUT2D eigenvalue weighted by atomic mass is 10.0. The monoisotopic (exact) mass is 446 g/mol. The molecule has 5 nitrogen and oxygen atoms in total. The highest BCUT2D eigenvalue weighted by Crippen LogP contribution is 2.33. The first kappa shape index (κ1) is 25.2. The maximum atomic E-state index is 13.2. The summed E-state index contributed by atoms with van der Waals surface area (Å²) in [5, 5.41) is 14.6. The molecule has 0 fully saturated rings. The highest BCUT2D eigenvalue weighted by molar-refractivity contribution is 5.99. The molecule has 0 aromatic heterocycles. The van der Waals surface area contributed by atoms with Gasteiger partial charge in [0.2, 0.25) is 5.91 Å². The van der Waals surface area contributed by atoms with Gasteiger partial charge >= 0.3 is 6.18 Å². The van der Waals surface area contributed by atoms with Crippen LogP contribution in [0.4, 0.5) is 24.5 Å². The molecule has 1 amide bonds. The molecule has 0 atom stereocenters. The van der Waals surface area contributed by atoms with E-state index in [1.807, 2.05) is 25.1 Å². The molecule has 172 valence electrons. The van der Waals surface area contributed by atoms with E-state index in [1.165, 1.54) is 17.7 Å². The van der Waals surface area contributed by atoms with Gasteiger partial charge in [0.25, 0.3) is 0 Å². The van der Waals surface area contributed by atoms with Crippen molar-refractivity contribution in [2.24, 2.45) is 0 Å². The molecule has 2 N–H and O–H groups in total. The lowest BCUT2D eigenvalue weighted by Gasteiger charge is -2.27. The number of alkyl halides is 3. The van der Waals surface area contributed by atoms with Gasteiger partial charge in [-0.1, -0.05) is 19.9 Å². The Morgan fingerprint density at radius 2 is 1.69 bits per heavy atom. The molecular formula is C24H29F3N4O. The number of anilines is 2. The van der Waals surface area contributed by atoms with Gasteiger partial charge in [-0.25, -0.2) is 0 Å². The average molecular weight is 447 g/mol. The van der Waals surface area contributed by atoms with Crippen molar-refractivity contribution in [3.8, 4) is 6.07 Å². The molecule has 2 aromatic carbocycles. The number of nitrogens with one attached hydrogen (secondary N) is 2. The molecule has 0 saturated heterocycles. The van der Waals surface area contributed by atoms with Crippen LogP contribution >= 0.6 is 0 Å². The number of rotatable bonds is 8. The van der Waals surface area contributed by atoms with Gasteiger partial charge in [-0.15, -0.1) is 0 Å². The van der Waals surface area contributed by atoms with Crippen LogP contribution in [0.25, 0.3) is 0 Å². The van der Waals surface area contributed by atoms with E-state index in [9.17, 15) is 18.0 Å². The molecule has 0 spiro atoms. The first-order valence-electron chi connectivity index (χ1n) is 10.4. The molecular weight excluding hydrogens is 417 g/mol. The lowest BCUT2D eigenvalue weighted by molar-refractivity contribution is -0.137. The standard InChI is InChI=1S/C24H29F3N4O/c1-6-31(7-2)15-18-9-11-20(12-16(18)3)30-23(4,5)22(32)29-19-10-8-17(14-28)21(13-19)24(25,26)27/h8-13,30H,6-7,15H2,1-5H3,(H,29,32). The number of halogens is 3. The minimum Gasteiger partial charge on any atom is -0.372 e. The second-order valence-corrected chi connectivity index (χ2v) is 8.18. The topological polar surface area (TPSA) is 68.2 Å². The van der Waals surface area contributed by atoms with Crippen molar-refractivity contribution < 1.29 is 18.0 Å².